The van der Waals surface area contributed by atoms with Gasteiger partial charge < -0.3 is 4.90 Å². The van der Waals surface area contributed by atoms with Crippen molar-refractivity contribution < 1.29 is 4.79 Å². The normalized spacial score (nSPS) is 42.6. The second-order valence-electron chi connectivity index (χ2n) is 14.3. The predicted molar refractivity (Wildman–Crippen MR) is 150 cm³/mol. The number of fused-ring (bicyclic) bond motifs is 5. The summed E-state index contributed by atoms with van der Waals surface area (Å²) in [5.41, 5.74) is 0.851. The number of amides is 1. The fourth-order valence-corrected chi connectivity index (χ4v) is 10.1. The summed E-state index contributed by atoms with van der Waals surface area (Å²) in [6.45, 7) is 19.0. The van der Waals surface area contributed by atoms with Crippen LogP contribution >= 0.6 is 15.9 Å². The third-order valence-electron chi connectivity index (χ3n) is 10.7. The molecule has 1 heterocycles. The lowest BCUT2D eigenvalue weighted by atomic mass is 9.46. The standard InChI is InChI=1S/C27H46BrNO.C4H10/c1-17(2)8-7-9-18(3)19-10-11-20-25-21(12-14-26(19,20)4)27(5)15-13-24(30)29(6)23(27)16-22(25)28;1-4(2)3/h17-23,25H,7-16H2,1-6H3;4H,1-3H3/t18?,19?,20?,21?,22?,23?,25?,26?,27-;/m1./s1. The lowest BCUT2D eigenvalue weighted by Crippen LogP contribution is -2.64. The van der Waals surface area contributed by atoms with Crippen molar-refractivity contribution in [2.24, 2.45) is 52.3 Å². The summed E-state index contributed by atoms with van der Waals surface area (Å²) in [6, 6.07) is 0.431. The van der Waals surface area contributed by atoms with Crippen LogP contribution in [0.3, 0.4) is 0 Å². The Labute approximate surface area is 220 Å². The van der Waals surface area contributed by atoms with Crippen molar-refractivity contribution in [3.05, 3.63) is 0 Å². The molecule has 34 heavy (non-hydrogen) atoms. The molecular weight excluding hydrogens is 482 g/mol. The third kappa shape index (κ3) is 5.45. The van der Waals surface area contributed by atoms with Gasteiger partial charge in [-0.3, -0.25) is 4.79 Å². The smallest absolute Gasteiger partial charge is 0.222 e. The maximum atomic E-state index is 12.4. The number of piperidine rings is 1. The van der Waals surface area contributed by atoms with Gasteiger partial charge in [-0.05, 0) is 90.8 Å². The van der Waals surface area contributed by atoms with E-state index >= 15 is 0 Å². The summed E-state index contributed by atoms with van der Waals surface area (Å²) in [6.07, 6.45) is 12.9. The first-order valence-corrected chi connectivity index (χ1v) is 15.6. The van der Waals surface area contributed by atoms with Gasteiger partial charge in [0.05, 0.1) is 0 Å². The Kier molecular flexibility index (Phi) is 9.34. The summed E-state index contributed by atoms with van der Waals surface area (Å²) < 4.78 is 0. The molecule has 1 saturated heterocycles. The van der Waals surface area contributed by atoms with E-state index in [2.05, 4.69) is 83.3 Å². The highest BCUT2D eigenvalue weighted by Gasteiger charge is 2.63. The van der Waals surface area contributed by atoms with Gasteiger partial charge >= 0.3 is 0 Å². The van der Waals surface area contributed by atoms with E-state index in [-0.39, 0.29) is 0 Å². The van der Waals surface area contributed by atoms with E-state index in [0.717, 1.165) is 60.7 Å². The molecule has 0 aromatic carbocycles. The van der Waals surface area contributed by atoms with Crippen molar-refractivity contribution in [1.82, 2.24) is 4.90 Å². The molecule has 198 valence electrons. The van der Waals surface area contributed by atoms with Crippen LogP contribution in [0.25, 0.3) is 0 Å². The fourth-order valence-electron chi connectivity index (χ4n) is 9.06. The van der Waals surface area contributed by atoms with Crippen molar-refractivity contribution in [2.75, 3.05) is 7.05 Å². The molecule has 4 aliphatic rings. The van der Waals surface area contributed by atoms with E-state index in [1.807, 2.05) is 0 Å². The minimum absolute atomic E-state index is 0.319. The van der Waals surface area contributed by atoms with E-state index in [9.17, 15) is 4.79 Å². The van der Waals surface area contributed by atoms with Gasteiger partial charge in [-0.25, -0.2) is 0 Å². The largest absolute Gasteiger partial charge is 0.342 e. The molecule has 4 fully saturated rings. The van der Waals surface area contributed by atoms with Crippen molar-refractivity contribution in [3.8, 4) is 0 Å². The van der Waals surface area contributed by atoms with Crippen LogP contribution in [0.2, 0.25) is 0 Å². The molecule has 3 heteroatoms. The number of halogens is 1. The van der Waals surface area contributed by atoms with Gasteiger partial charge in [0, 0.05) is 24.3 Å². The molecule has 0 radical (unpaired) electrons. The van der Waals surface area contributed by atoms with Crippen LogP contribution in [-0.4, -0.2) is 28.7 Å². The Morgan fingerprint density at radius 1 is 0.941 bits per heavy atom. The maximum Gasteiger partial charge on any atom is 0.222 e. The van der Waals surface area contributed by atoms with Gasteiger partial charge in [-0.2, -0.15) is 0 Å². The van der Waals surface area contributed by atoms with Crippen LogP contribution in [0.15, 0.2) is 0 Å². The highest BCUT2D eigenvalue weighted by atomic mass is 79.9. The average Bonchev–Trinajstić information content (AvgIpc) is 3.09. The van der Waals surface area contributed by atoms with Crippen LogP contribution in [0.5, 0.6) is 0 Å². The van der Waals surface area contributed by atoms with Crippen molar-refractivity contribution >= 4 is 21.8 Å². The van der Waals surface area contributed by atoms with Gasteiger partial charge in [0.1, 0.15) is 0 Å². The van der Waals surface area contributed by atoms with Crippen LogP contribution in [0.4, 0.5) is 0 Å². The Hall–Kier alpha value is -0.0500. The molecule has 1 aliphatic heterocycles. The van der Waals surface area contributed by atoms with Crippen molar-refractivity contribution in [3.63, 3.8) is 0 Å². The quantitative estimate of drug-likeness (QED) is 0.320. The molecule has 3 saturated carbocycles. The van der Waals surface area contributed by atoms with Crippen LogP contribution in [0.1, 0.15) is 120 Å². The lowest BCUT2D eigenvalue weighted by molar-refractivity contribution is -0.157. The Morgan fingerprint density at radius 3 is 2.18 bits per heavy atom. The topological polar surface area (TPSA) is 20.3 Å². The molecular formula is C31H56BrNO. The van der Waals surface area contributed by atoms with Crippen molar-refractivity contribution in [2.45, 2.75) is 130 Å². The molecule has 9 atom stereocenters. The number of likely N-dealkylation sites (tertiary alicyclic amines) is 1. The van der Waals surface area contributed by atoms with E-state index in [4.69, 9.17) is 0 Å². The Balaban J connectivity index is 0.000000751. The van der Waals surface area contributed by atoms with Crippen LogP contribution in [-0.2, 0) is 4.79 Å². The van der Waals surface area contributed by atoms with E-state index < -0.39 is 0 Å². The van der Waals surface area contributed by atoms with E-state index in [1.165, 1.54) is 44.9 Å². The SMILES string of the molecule is CC(C)C.CC(C)CCCC(C)C1CCC2C3C(Br)CC4N(C)C(=O)CC[C@]4(C)C3CCC12C. The van der Waals surface area contributed by atoms with Gasteiger partial charge in [0.2, 0.25) is 5.91 Å². The molecule has 0 aromatic heterocycles. The van der Waals surface area contributed by atoms with Gasteiger partial charge in [0.15, 0.2) is 0 Å². The number of alkyl halides is 1. The van der Waals surface area contributed by atoms with Gasteiger partial charge in [-0.1, -0.05) is 90.6 Å². The van der Waals surface area contributed by atoms with Gasteiger partial charge in [-0.15, -0.1) is 0 Å². The zero-order valence-corrected chi connectivity index (χ0v) is 25.6. The summed E-state index contributed by atoms with van der Waals surface area (Å²) >= 11 is 4.20. The monoisotopic (exact) mass is 537 g/mol. The zero-order chi connectivity index (χ0) is 25.4. The minimum Gasteiger partial charge on any atom is -0.342 e. The number of hydrogen-bond acceptors (Lipinski definition) is 1. The Morgan fingerprint density at radius 2 is 1.56 bits per heavy atom. The van der Waals surface area contributed by atoms with E-state index in [0.29, 0.717) is 27.6 Å². The molecule has 3 aliphatic carbocycles. The molecule has 0 bridgehead atoms. The second-order valence-corrected chi connectivity index (χ2v) is 15.5. The number of carbonyl (C=O) groups excluding carboxylic acids is 1. The highest BCUT2D eigenvalue weighted by Crippen LogP contribution is 2.68. The van der Waals surface area contributed by atoms with Crippen LogP contribution < -0.4 is 0 Å². The first-order valence-electron chi connectivity index (χ1n) is 14.7. The minimum atomic E-state index is 0.319. The molecule has 8 unspecified atom stereocenters. The zero-order valence-electron chi connectivity index (χ0n) is 24.0. The molecule has 1 amide bonds. The third-order valence-corrected chi connectivity index (χ3v) is 11.7. The first kappa shape index (κ1) is 28.5. The van der Waals surface area contributed by atoms with Crippen molar-refractivity contribution in [1.29, 1.82) is 0 Å². The predicted octanol–water partition coefficient (Wildman–Crippen LogP) is 8.96. The number of rotatable bonds is 5. The molecule has 0 spiro atoms. The first-order chi connectivity index (χ1) is 15.8. The lowest BCUT2D eigenvalue weighted by Gasteiger charge is -2.63. The van der Waals surface area contributed by atoms with Crippen LogP contribution in [0, 0.1) is 52.3 Å². The molecule has 4 rings (SSSR count). The number of carbonyl (C=O) groups is 1. The second kappa shape index (κ2) is 11.1. The summed E-state index contributed by atoms with van der Waals surface area (Å²) in [5.74, 6) is 6.28. The Bertz CT molecular complexity index is 688. The molecule has 0 aromatic rings. The molecule has 2 nitrogen and oxygen atoms in total. The van der Waals surface area contributed by atoms with E-state index in [1.54, 1.807) is 0 Å². The summed E-state index contributed by atoms with van der Waals surface area (Å²) in [7, 11) is 2.07. The highest BCUT2D eigenvalue weighted by molar-refractivity contribution is 9.09. The van der Waals surface area contributed by atoms with Gasteiger partial charge in [0.25, 0.3) is 0 Å². The fraction of sp³-hybridized carbons (Fsp3) is 0.968. The average molecular weight is 539 g/mol. The number of nitrogens with zero attached hydrogens (tertiary/aromatic N) is 1. The summed E-state index contributed by atoms with van der Waals surface area (Å²) in [5, 5.41) is 0. The summed E-state index contributed by atoms with van der Waals surface area (Å²) in [4.78, 5) is 15.1. The molecule has 0 N–H and O–H groups in total. The maximum absolute atomic E-state index is 12.4. The number of hydrogen-bond donors (Lipinski definition) is 0.